The average molecular weight is 260 g/mol. The Morgan fingerprint density at radius 1 is 1.25 bits per heavy atom. The van der Waals surface area contributed by atoms with Gasteiger partial charge < -0.3 is 0 Å². The van der Waals surface area contributed by atoms with E-state index in [0.29, 0.717) is 0 Å². The number of hydrogen-bond acceptors (Lipinski definition) is 7. The third-order valence-corrected chi connectivity index (χ3v) is 3.78. The van der Waals surface area contributed by atoms with Crippen molar-refractivity contribution >= 4 is 5.97 Å². The van der Waals surface area contributed by atoms with E-state index in [2.05, 4.69) is 6.63 Å². The van der Waals surface area contributed by atoms with Crippen molar-refractivity contribution in [1.82, 2.24) is 0 Å². The van der Waals surface area contributed by atoms with Gasteiger partial charge in [-0.05, 0) is 0 Å². The van der Waals surface area contributed by atoms with Gasteiger partial charge in [-0.3, -0.25) is 0 Å². The predicted molar refractivity (Wildman–Crippen MR) is 17.8 cm³/mol. The van der Waals surface area contributed by atoms with Gasteiger partial charge in [-0.2, -0.15) is 0 Å². The van der Waals surface area contributed by atoms with Gasteiger partial charge in [0.1, 0.15) is 0 Å². The van der Waals surface area contributed by atoms with Crippen molar-refractivity contribution in [3.8, 4) is 0 Å². The Morgan fingerprint density at radius 3 is 1.92 bits per heavy atom. The third kappa shape index (κ3) is 6.37. The first kappa shape index (κ1) is 11.7. The summed E-state index contributed by atoms with van der Waals surface area (Å²) in [6.45, 7) is 0.740. The van der Waals surface area contributed by atoms with Crippen LogP contribution in [0.15, 0.2) is 0 Å². The number of carbonyl (C=O) groups excluding carboxylic acids is 1. The van der Waals surface area contributed by atoms with Crippen LogP contribution in [0.3, 0.4) is 0 Å². The van der Waals surface area contributed by atoms with Crippen LogP contribution in [0, 0.1) is 0 Å². The van der Waals surface area contributed by atoms with Crippen molar-refractivity contribution in [2.75, 3.05) is 0 Å². The van der Waals surface area contributed by atoms with Crippen LogP contribution in [0.5, 0.6) is 0 Å². The standard InChI is InChI=1S/C2H4O2.2Cr.H2O.5O/c1-2(3)4;;;;;;;;/h1H3,(H,3,4);;;1H2;;;;;/q;2*+1;;;;;;/p-2. The normalized spacial score (nSPS) is 12.5. The summed E-state index contributed by atoms with van der Waals surface area (Å²) in [6.07, 6.45) is 0. The van der Waals surface area contributed by atoms with Crippen LogP contribution in [-0.2, 0) is 53.9 Å². The van der Waals surface area contributed by atoms with E-state index in [-0.39, 0.29) is 0 Å². The molecule has 0 fully saturated rings. The van der Waals surface area contributed by atoms with Gasteiger partial charge in [0, 0.05) is 0 Å². The second-order valence-electron chi connectivity index (χ2n) is 1.48. The summed E-state index contributed by atoms with van der Waals surface area (Å²) in [5.74, 6) is -1.25. The zero-order valence-electron chi connectivity index (χ0n) is 5.62. The second kappa shape index (κ2) is 3.58. The summed E-state index contributed by atoms with van der Waals surface area (Å²) in [4.78, 5) is 10.0. The van der Waals surface area contributed by atoms with Crippen LogP contribution in [0.1, 0.15) is 6.92 Å². The zero-order chi connectivity index (χ0) is 9.99. The number of hydrogen-bond donors (Lipinski definition) is 1. The molecule has 72 valence electrons. The Kier molecular flexibility index (Phi) is 3.48. The molecular weight excluding hydrogens is 256 g/mol. The molecule has 0 bridgehead atoms. The van der Waals surface area contributed by atoms with Crippen LogP contribution in [0.2, 0.25) is 0 Å². The molecule has 0 aromatic carbocycles. The first-order valence-electron chi connectivity index (χ1n) is 2.26. The van der Waals surface area contributed by atoms with Gasteiger partial charge in [0.05, 0.1) is 0 Å². The molecule has 0 heterocycles. The van der Waals surface area contributed by atoms with E-state index in [1.165, 1.54) is 0 Å². The molecule has 12 heavy (non-hydrogen) atoms. The Balaban J connectivity index is 4.58. The monoisotopic (exact) mass is 260 g/mol. The summed E-state index contributed by atoms with van der Waals surface area (Å²) in [7, 11) is 0. The van der Waals surface area contributed by atoms with E-state index in [1.54, 1.807) is 0 Å². The fourth-order valence-electron chi connectivity index (χ4n) is 0.263. The molecular formula is C2H4Cr2O8. The van der Waals surface area contributed by atoms with E-state index >= 15 is 0 Å². The van der Waals surface area contributed by atoms with E-state index in [9.17, 15) is 20.0 Å². The van der Waals surface area contributed by atoms with Gasteiger partial charge >= 0.3 is 70.9 Å². The minimum atomic E-state index is -5.86. The van der Waals surface area contributed by atoms with Crippen LogP contribution in [0.4, 0.5) is 0 Å². The molecule has 0 radical (unpaired) electrons. The molecule has 0 aliphatic rings. The summed E-state index contributed by atoms with van der Waals surface area (Å²) in [5.41, 5.74) is 0. The van der Waals surface area contributed by atoms with Crippen LogP contribution < -0.4 is 0 Å². The van der Waals surface area contributed by atoms with Gasteiger partial charge in [-0.25, -0.2) is 0 Å². The molecule has 10 heteroatoms. The molecule has 0 amide bonds. The van der Waals surface area contributed by atoms with Crippen molar-refractivity contribution < 1.29 is 58.0 Å². The maximum absolute atomic E-state index is 10.3. The molecule has 0 aliphatic heterocycles. The van der Waals surface area contributed by atoms with Crippen molar-refractivity contribution in [2.45, 2.75) is 6.92 Å². The quantitative estimate of drug-likeness (QED) is 0.678. The number of rotatable bonds is 3. The van der Waals surface area contributed by atoms with Gasteiger partial charge in [0.15, 0.2) is 0 Å². The topological polar surface area (TPSA) is 124 Å². The van der Waals surface area contributed by atoms with Gasteiger partial charge in [0.2, 0.25) is 0 Å². The zero-order valence-corrected chi connectivity index (χ0v) is 8.17. The van der Waals surface area contributed by atoms with Gasteiger partial charge in [0.25, 0.3) is 0 Å². The molecule has 0 unspecified atom stereocenters. The van der Waals surface area contributed by atoms with E-state index < -0.39 is 33.2 Å². The summed E-state index contributed by atoms with van der Waals surface area (Å²) in [6, 6.07) is 0. The van der Waals surface area contributed by atoms with Gasteiger partial charge in [-0.15, -0.1) is 0 Å². The Hall–Kier alpha value is -0.345. The van der Waals surface area contributed by atoms with E-state index in [0.717, 1.165) is 6.92 Å². The summed E-state index contributed by atoms with van der Waals surface area (Å²) < 4.78 is 55.0. The molecule has 0 saturated heterocycles. The third-order valence-electron chi connectivity index (χ3n) is 0.389. The van der Waals surface area contributed by atoms with E-state index in [1.807, 2.05) is 0 Å². The first-order chi connectivity index (χ1) is 5.12. The molecule has 0 aliphatic carbocycles. The van der Waals surface area contributed by atoms with Crippen molar-refractivity contribution in [1.29, 1.82) is 0 Å². The molecule has 0 rings (SSSR count). The predicted octanol–water partition coefficient (Wildman–Crippen LogP) is -1.09. The second-order valence-corrected chi connectivity index (χ2v) is 5.44. The van der Waals surface area contributed by atoms with Crippen molar-refractivity contribution in [2.24, 2.45) is 0 Å². The maximum atomic E-state index is 10.3. The Morgan fingerprint density at radius 2 is 1.67 bits per heavy atom. The Bertz CT molecular complexity index is 358. The molecule has 0 atom stereocenters. The molecule has 0 spiro atoms. The van der Waals surface area contributed by atoms with Crippen LogP contribution in [0.25, 0.3) is 0 Å². The van der Waals surface area contributed by atoms with E-state index in [4.69, 9.17) is 4.16 Å². The Labute approximate surface area is 71.2 Å². The fourth-order valence-corrected chi connectivity index (χ4v) is 2.62. The summed E-state index contributed by atoms with van der Waals surface area (Å²) in [5, 5.41) is 0. The molecule has 0 aromatic heterocycles. The fraction of sp³-hybridized carbons (Fsp3) is 0.500. The average Bonchev–Trinajstić information content (AvgIpc) is 1.48. The molecule has 1 N–H and O–H groups in total. The van der Waals surface area contributed by atoms with Crippen molar-refractivity contribution in [3.63, 3.8) is 0 Å². The van der Waals surface area contributed by atoms with Gasteiger partial charge in [-0.1, -0.05) is 0 Å². The number of carbonyl (C=O) groups is 1. The minimum absolute atomic E-state index is 0.740. The van der Waals surface area contributed by atoms with Crippen molar-refractivity contribution in [3.05, 3.63) is 0 Å². The molecule has 0 aromatic rings. The van der Waals surface area contributed by atoms with Crippen LogP contribution in [-0.4, -0.2) is 10.1 Å². The first-order valence-corrected chi connectivity index (χ1v) is 6.47. The summed E-state index contributed by atoms with van der Waals surface area (Å²) >= 11 is -11.6. The molecule has 8 nitrogen and oxygen atoms in total. The molecule has 0 saturated carbocycles. The SMILES string of the molecule is CC(=O)[O][Cr](=[O])(=[O])[O][Cr](=[O])(=[O])[OH]. The van der Waals surface area contributed by atoms with Crippen LogP contribution >= 0.6 is 0 Å².